The van der Waals surface area contributed by atoms with E-state index in [0.29, 0.717) is 11.0 Å². The highest BCUT2D eigenvalue weighted by Gasteiger charge is 2.19. The summed E-state index contributed by atoms with van der Waals surface area (Å²) >= 11 is 1.13. The molecule has 1 aromatic heterocycles. The van der Waals surface area contributed by atoms with Crippen molar-refractivity contribution in [3.63, 3.8) is 0 Å². The molecule has 0 aliphatic carbocycles. The lowest BCUT2D eigenvalue weighted by atomic mass is 10.1. The van der Waals surface area contributed by atoms with Gasteiger partial charge < -0.3 is 15.5 Å². The molecule has 0 fully saturated rings. The van der Waals surface area contributed by atoms with Crippen LogP contribution in [0, 0.1) is 31.0 Å². The second-order valence-corrected chi connectivity index (χ2v) is 7.94. The molecule has 1 amide bonds. The van der Waals surface area contributed by atoms with Gasteiger partial charge >= 0.3 is 0 Å². The van der Waals surface area contributed by atoms with E-state index in [1.807, 2.05) is 32.0 Å². The largest absolute Gasteiger partial charge is 0.482 e. The molecule has 10 heteroatoms. The van der Waals surface area contributed by atoms with Gasteiger partial charge in [0.1, 0.15) is 6.61 Å². The Labute approximate surface area is 189 Å². The summed E-state index contributed by atoms with van der Waals surface area (Å²) in [6, 6.07) is 13.8. The molecule has 1 heterocycles. The van der Waals surface area contributed by atoms with E-state index in [1.54, 1.807) is 17.0 Å². The molecule has 32 heavy (non-hydrogen) atoms. The van der Waals surface area contributed by atoms with Crippen molar-refractivity contribution in [3.8, 4) is 11.8 Å². The summed E-state index contributed by atoms with van der Waals surface area (Å²) < 4.78 is 20.3. The fourth-order valence-electron chi connectivity index (χ4n) is 2.87. The lowest BCUT2D eigenvalue weighted by Gasteiger charge is -2.22. The number of nitriles is 1. The standard InChI is InChI=1S/C22H23FN6O2S/c1-15-8-9-17(12-16(15)2)28(11-5-10-24)21(30)14-32-22-27-26-20(29(22)25)13-31-19-7-4-3-6-18(19)23/h3-4,6-9,12H,5,11,13-14,25H2,1-2H3. The van der Waals surface area contributed by atoms with Crippen molar-refractivity contribution >= 4 is 23.4 Å². The number of nitrogens with zero attached hydrogens (tertiary/aromatic N) is 5. The quantitative estimate of drug-likeness (QED) is 0.390. The molecule has 0 atom stereocenters. The van der Waals surface area contributed by atoms with Gasteiger partial charge in [0.2, 0.25) is 11.1 Å². The van der Waals surface area contributed by atoms with Crippen molar-refractivity contribution in [2.45, 2.75) is 32.0 Å². The highest BCUT2D eigenvalue weighted by atomic mass is 32.2. The van der Waals surface area contributed by atoms with Crippen molar-refractivity contribution in [2.24, 2.45) is 0 Å². The van der Waals surface area contributed by atoms with Gasteiger partial charge in [-0.05, 0) is 49.2 Å². The number of benzene rings is 2. The van der Waals surface area contributed by atoms with Crippen molar-refractivity contribution in [3.05, 3.63) is 65.2 Å². The number of thioether (sulfide) groups is 1. The maximum Gasteiger partial charge on any atom is 0.237 e. The molecule has 3 aromatic rings. The topological polar surface area (TPSA) is 110 Å². The number of nitrogen functional groups attached to an aromatic ring is 1. The van der Waals surface area contributed by atoms with Crippen LogP contribution < -0.4 is 15.5 Å². The van der Waals surface area contributed by atoms with E-state index >= 15 is 0 Å². The van der Waals surface area contributed by atoms with Crippen LogP contribution in [0.25, 0.3) is 0 Å². The van der Waals surface area contributed by atoms with E-state index in [1.165, 1.54) is 16.8 Å². The predicted octanol–water partition coefficient (Wildman–Crippen LogP) is 3.37. The van der Waals surface area contributed by atoms with E-state index in [9.17, 15) is 9.18 Å². The van der Waals surface area contributed by atoms with Crippen molar-refractivity contribution in [2.75, 3.05) is 23.0 Å². The van der Waals surface area contributed by atoms with Crippen LogP contribution in [0.5, 0.6) is 5.75 Å². The molecule has 2 aromatic carbocycles. The first-order valence-electron chi connectivity index (χ1n) is 9.84. The van der Waals surface area contributed by atoms with E-state index < -0.39 is 5.82 Å². The number of anilines is 1. The van der Waals surface area contributed by atoms with Crippen molar-refractivity contribution in [1.29, 1.82) is 5.26 Å². The highest BCUT2D eigenvalue weighted by Crippen LogP contribution is 2.23. The fourth-order valence-corrected chi connectivity index (χ4v) is 3.62. The zero-order valence-corrected chi connectivity index (χ0v) is 18.6. The summed E-state index contributed by atoms with van der Waals surface area (Å²) in [5, 5.41) is 17.3. The number of carbonyl (C=O) groups is 1. The minimum Gasteiger partial charge on any atom is -0.482 e. The Hall–Kier alpha value is -3.58. The van der Waals surface area contributed by atoms with Gasteiger partial charge in [-0.3, -0.25) is 4.79 Å². The number of carbonyl (C=O) groups excluding carboxylic acids is 1. The minimum atomic E-state index is -0.486. The molecule has 0 radical (unpaired) electrons. The Morgan fingerprint density at radius 1 is 1.25 bits per heavy atom. The third-order valence-corrected chi connectivity index (χ3v) is 5.73. The predicted molar refractivity (Wildman–Crippen MR) is 120 cm³/mol. The first kappa shape index (κ1) is 23.1. The van der Waals surface area contributed by atoms with E-state index in [0.717, 1.165) is 28.6 Å². The molecule has 2 N–H and O–H groups in total. The Morgan fingerprint density at radius 3 is 2.75 bits per heavy atom. The molecule has 0 aliphatic heterocycles. The molecule has 0 saturated carbocycles. The lowest BCUT2D eigenvalue weighted by molar-refractivity contribution is -0.116. The van der Waals surface area contributed by atoms with Crippen LogP contribution in [0.4, 0.5) is 10.1 Å². The van der Waals surface area contributed by atoms with Gasteiger partial charge in [0, 0.05) is 12.2 Å². The first-order valence-corrected chi connectivity index (χ1v) is 10.8. The van der Waals surface area contributed by atoms with Gasteiger partial charge in [0.15, 0.2) is 17.4 Å². The van der Waals surface area contributed by atoms with Gasteiger partial charge in [-0.2, -0.15) is 5.26 Å². The second-order valence-electron chi connectivity index (χ2n) is 7.00. The SMILES string of the molecule is Cc1ccc(N(CCC#N)C(=O)CSc2nnc(COc3ccccc3F)n2N)cc1C. The first-order chi connectivity index (χ1) is 15.4. The Balaban J connectivity index is 1.65. The number of ether oxygens (including phenoxy) is 1. The average molecular weight is 455 g/mol. The molecular formula is C22H23FN6O2S. The number of halogens is 1. The van der Waals surface area contributed by atoms with Gasteiger partial charge in [-0.25, -0.2) is 9.07 Å². The number of hydrogen-bond donors (Lipinski definition) is 1. The maximum atomic E-state index is 13.7. The Morgan fingerprint density at radius 2 is 2.03 bits per heavy atom. The molecular weight excluding hydrogens is 431 g/mol. The van der Waals surface area contributed by atoms with Gasteiger partial charge in [0.05, 0.1) is 18.2 Å². The number of aromatic nitrogens is 3. The number of rotatable bonds is 9. The molecule has 0 unspecified atom stereocenters. The summed E-state index contributed by atoms with van der Waals surface area (Å²) in [5.74, 6) is 5.79. The number of para-hydroxylation sites is 1. The summed E-state index contributed by atoms with van der Waals surface area (Å²) in [4.78, 5) is 14.5. The van der Waals surface area contributed by atoms with E-state index in [2.05, 4.69) is 16.3 Å². The second kappa shape index (κ2) is 10.6. The van der Waals surface area contributed by atoms with Gasteiger partial charge in [-0.1, -0.05) is 30.0 Å². The molecule has 8 nitrogen and oxygen atoms in total. The highest BCUT2D eigenvalue weighted by molar-refractivity contribution is 7.99. The van der Waals surface area contributed by atoms with Crippen LogP contribution in [-0.2, 0) is 11.4 Å². The zero-order chi connectivity index (χ0) is 23.1. The van der Waals surface area contributed by atoms with Gasteiger partial charge in [0.25, 0.3) is 0 Å². The smallest absolute Gasteiger partial charge is 0.237 e. The summed E-state index contributed by atoms with van der Waals surface area (Å²) in [7, 11) is 0. The fraction of sp³-hybridized carbons (Fsp3) is 0.273. The average Bonchev–Trinajstić information content (AvgIpc) is 3.13. The van der Waals surface area contributed by atoms with Crippen molar-refractivity contribution < 1.29 is 13.9 Å². The number of aryl methyl sites for hydroxylation is 2. The summed E-state index contributed by atoms with van der Waals surface area (Å²) in [6.07, 6.45) is 0.216. The van der Waals surface area contributed by atoms with E-state index in [4.69, 9.17) is 15.8 Å². The number of amides is 1. The number of nitrogens with two attached hydrogens (primary N) is 1. The molecule has 0 aliphatic rings. The lowest BCUT2D eigenvalue weighted by Crippen LogP contribution is -2.33. The minimum absolute atomic E-state index is 0.0574. The molecule has 3 rings (SSSR count). The molecule has 166 valence electrons. The molecule has 0 bridgehead atoms. The van der Waals surface area contributed by atoms with Crippen LogP contribution in [0.3, 0.4) is 0 Å². The third kappa shape index (κ3) is 5.56. The summed E-state index contributed by atoms with van der Waals surface area (Å²) in [5.41, 5.74) is 2.92. The van der Waals surface area contributed by atoms with Crippen LogP contribution in [-0.4, -0.2) is 33.1 Å². The third-order valence-electron chi connectivity index (χ3n) is 4.80. The Bertz CT molecular complexity index is 1140. The normalized spacial score (nSPS) is 10.6. The molecule has 0 saturated heterocycles. The maximum absolute atomic E-state index is 13.7. The van der Waals surface area contributed by atoms with Crippen LogP contribution >= 0.6 is 11.8 Å². The van der Waals surface area contributed by atoms with Gasteiger partial charge in [-0.15, -0.1) is 10.2 Å². The van der Waals surface area contributed by atoms with Crippen molar-refractivity contribution in [1.82, 2.24) is 14.9 Å². The summed E-state index contributed by atoms with van der Waals surface area (Å²) in [6.45, 7) is 4.19. The van der Waals surface area contributed by atoms with Crippen LogP contribution in [0.1, 0.15) is 23.4 Å². The zero-order valence-electron chi connectivity index (χ0n) is 17.8. The van der Waals surface area contributed by atoms with E-state index in [-0.39, 0.29) is 37.0 Å². The molecule has 0 spiro atoms. The van der Waals surface area contributed by atoms with Crippen LogP contribution in [0.15, 0.2) is 47.6 Å². The number of hydrogen-bond acceptors (Lipinski definition) is 7. The Kier molecular flexibility index (Phi) is 7.68. The van der Waals surface area contributed by atoms with Crippen LogP contribution in [0.2, 0.25) is 0 Å². The monoisotopic (exact) mass is 454 g/mol.